The minimum Gasteiger partial charge on any atom is -0.389 e. The van der Waals surface area contributed by atoms with Gasteiger partial charge in [0.15, 0.2) is 0 Å². The summed E-state index contributed by atoms with van der Waals surface area (Å²) in [6.45, 7) is -0.397. The van der Waals surface area contributed by atoms with Crippen LogP contribution in [0.4, 0.5) is 4.39 Å². The van der Waals surface area contributed by atoms with Crippen molar-refractivity contribution >= 4 is 33.1 Å². The average Bonchev–Trinajstić information content (AvgIpc) is 2.37. The van der Waals surface area contributed by atoms with Crippen LogP contribution < -0.4 is 11.1 Å². The molecule has 110 valence electrons. The molecule has 0 saturated carbocycles. The van der Waals surface area contributed by atoms with E-state index >= 15 is 0 Å². The van der Waals surface area contributed by atoms with E-state index in [4.69, 9.17) is 5.73 Å². The molecule has 1 aromatic carbocycles. The van der Waals surface area contributed by atoms with Gasteiger partial charge in [-0.05, 0) is 12.1 Å². The normalized spacial score (nSPS) is 11.4. The van der Waals surface area contributed by atoms with Crippen LogP contribution in [-0.4, -0.2) is 44.3 Å². The summed E-state index contributed by atoms with van der Waals surface area (Å²) in [4.78, 5) is 10.5. The van der Waals surface area contributed by atoms with Gasteiger partial charge in [0, 0.05) is 14.1 Å². The molecule has 1 amide bonds. The van der Waals surface area contributed by atoms with E-state index in [1.165, 1.54) is 26.2 Å². The first kappa shape index (κ1) is 16.5. The number of amides is 1. The molecule has 0 unspecified atom stereocenters. The Morgan fingerprint density at radius 3 is 2.60 bits per heavy atom. The molecule has 3 N–H and O–H groups in total. The Hall–Kier alpha value is -1.58. The van der Waals surface area contributed by atoms with E-state index in [1.54, 1.807) is 0 Å². The third-order valence-electron chi connectivity index (χ3n) is 2.56. The Bertz CT molecular complexity index is 646. The molecule has 6 nitrogen and oxygen atoms in total. The Labute approximate surface area is 121 Å². The second-order valence-corrected chi connectivity index (χ2v) is 6.36. The van der Waals surface area contributed by atoms with E-state index in [1.807, 2.05) is 0 Å². The first-order chi connectivity index (χ1) is 9.21. The van der Waals surface area contributed by atoms with E-state index in [0.29, 0.717) is 0 Å². The summed E-state index contributed by atoms with van der Waals surface area (Å²) in [5.41, 5.74) is 5.01. The maximum atomic E-state index is 13.7. The van der Waals surface area contributed by atoms with Crippen LogP contribution in [0.2, 0.25) is 0 Å². The molecule has 0 bridgehead atoms. The lowest BCUT2D eigenvalue weighted by Crippen LogP contribution is -2.37. The van der Waals surface area contributed by atoms with E-state index in [9.17, 15) is 17.6 Å². The van der Waals surface area contributed by atoms with Gasteiger partial charge in [0.05, 0.1) is 17.0 Å². The molecule has 1 rings (SSSR count). The predicted molar refractivity (Wildman–Crippen MR) is 76.2 cm³/mol. The number of nitrogens with two attached hydrogens (primary N) is 1. The number of benzene rings is 1. The van der Waals surface area contributed by atoms with Crippen molar-refractivity contribution in [2.75, 3.05) is 20.6 Å². The SMILES string of the molecule is CNC(=O)CN(C)S(=O)(=O)c1cccc(F)c1C(N)=S. The van der Waals surface area contributed by atoms with Crippen LogP contribution in [0.3, 0.4) is 0 Å². The highest BCUT2D eigenvalue weighted by Gasteiger charge is 2.27. The predicted octanol–water partition coefficient (Wildman–Crippen LogP) is -0.174. The molecule has 0 aromatic heterocycles. The average molecular weight is 319 g/mol. The Kier molecular flexibility index (Phi) is 5.15. The van der Waals surface area contributed by atoms with Crippen molar-refractivity contribution in [3.63, 3.8) is 0 Å². The van der Waals surface area contributed by atoms with Crippen LogP contribution in [0.5, 0.6) is 0 Å². The Morgan fingerprint density at radius 2 is 2.10 bits per heavy atom. The molecule has 0 fully saturated rings. The molecule has 0 atom stereocenters. The Morgan fingerprint density at radius 1 is 1.50 bits per heavy atom. The molecule has 0 aliphatic rings. The standard InChI is InChI=1S/C11H14FN3O3S2/c1-14-9(16)6-15(2)20(17,18)8-5-3-4-7(12)10(8)11(13)19/h3-5H,6H2,1-2H3,(H2,13,19)(H,14,16). The smallest absolute Gasteiger partial charge is 0.244 e. The fourth-order valence-corrected chi connectivity index (χ4v) is 3.10. The molecular formula is C11H14FN3O3S2. The lowest BCUT2D eigenvalue weighted by atomic mass is 10.2. The zero-order chi connectivity index (χ0) is 15.5. The van der Waals surface area contributed by atoms with Crippen molar-refractivity contribution in [3.05, 3.63) is 29.6 Å². The molecule has 0 heterocycles. The van der Waals surface area contributed by atoms with Gasteiger partial charge in [-0.2, -0.15) is 4.31 Å². The largest absolute Gasteiger partial charge is 0.389 e. The van der Waals surface area contributed by atoms with Gasteiger partial charge in [-0.15, -0.1) is 0 Å². The van der Waals surface area contributed by atoms with Crippen molar-refractivity contribution in [3.8, 4) is 0 Å². The summed E-state index contributed by atoms with van der Waals surface area (Å²) >= 11 is 4.68. The van der Waals surface area contributed by atoms with Crippen LogP contribution in [-0.2, 0) is 14.8 Å². The number of carbonyl (C=O) groups excluding carboxylic acids is 1. The van der Waals surface area contributed by atoms with Gasteiger partial charge >= 0.3 is 0 Å². The number of hydrogen-bond donors (Lipinski definition) is 2. The second-order valence-electron chi connectivity index (χ2n) is 3.91. The van der Waals surface area contributed by atoms with E-state index in [-0.39, 0.29) is 15.4 Å². The van der Waals surface area contributed by atoms with Crippen molar-refractivity contribution in [1.82, 2.24) is 9.62 Å². The zero-order valence-electron chi connectivity index (χ0n) is 10.9. The highest BCUT2D eigenvalue weighted by Crippen LogP contribution is 2.21. The minimum atomic E-state index is -4.08. The van der Waals surface area contributed by atoms with Crippen LogP contribution in [0.25, 0.3) is 0 Å². The molecule has 9 heteroatoms. The topological polar surface area (TPSA) is 92.5 Å². The highest BCUT2D eigenvalue weighted by molar-refractivity contribution is 7.89. The van der Waals surface area contributed by atoms with Crippen molar-refractivity contribution < 1.29 is 17.6 Å². The van der Waals surface area contributed by atoms with Gasteiger partial charge < -0.3 is 11.1 Å². The number of carbonyl (C=O) groups is 1. The first-order valence-corrected chi connectivity index (χ1v) is 7.32. The lowest BCUT2D eigenvalue weighted by Gasteiger charge is -2.18. The minimum absolute atomic E-state index is 0.355. The number of nitrogens with zero attached hydrogens (tertiary/aromatic N) is 1. The number of rotatable bonds is 5. The van der Waals surface area contributed by atoms with Crippen LogP contribution in [0.15, 0.2) is 23.1 Å². The van der Waals surface area contributed by atoms with E-state index in [2.05, 4.69) is 17.5 Å². The molecular weight excluding hydrogens is 305 g/mol. The van der Waals surface area contributed by atoms with Gasteiger partial charge in [0.1, 0.15) is 10.8 Å². The molecule has 20 heavy (non-hydrogen) atoms. The van der Waals surface area contributed by atoms with E-state index in [0.717, 1.165) is 10.4 Å². The van der Waals surface area contributed by atoms with Gasteiger partial charge in [0.25, 0.3) is 0 Å². The molecule has 0 radical (unpaired) electrons. The summed E-state index contributed by atoms with van der Waals surface area (Å²) in [6.07, 6.45) is 0. The quantitative estimate of drug-likeness (QED) is 0.735. The van der Waals surface area contributed by atoms with Crippen LogP contribution >= 0.6 is 12.2 Å². The summed E-state index contributed by atoms with van der Waals surface area (Å²) in [5, 5.41) is 2.30. The van der Waals surface area contributed by atoms with Gasteiger partial charge in [-0.3, -0.25) is 4.79 Å². The number of halogens is 1. The summed E-state index contributed by atoms with van der Waals surface area (Å²) in [5.74, 6) is -1.32. The fraction of sp³-hybridized carbons (Fsp3) is 0.273. The summed E-state index contributed by atoms with van der Waals surface area (Å²) < 4.78 is 39.1. The monoisotopic (exact) mass is 319 g/mol. The molecule has 1 aromatic rings. The maximum Gasteiger partial charge on any atom is 0.244 e. The molecule has 0 aliphatic carbocycles. The van der Waals surface area contributed by atoms with Gasteiger partial charge in [0.2, 0.25) is 15.9 Å². The first-order valence-electron chi connectivity index (χ1n) is 5.47. The molecule has 0 saturated heterocycles. The second kappa shape index (κ2) is 6.25. The van der Waals surface area contributed by atoms with Crippen molar-refractivity contribution in [1.29, 1.82) is 0 Å². The number of thiocarbonyl (C=S) groups is 1. The fourth-order valence-electron chi connectivity index (χ4n) is 1.49. The van der Waals surface area contributed by atoms with E-state index < -0.39 is 28.3 Å². The van der Waals surface area contributed by atoms with Crippen molar-refractivity contribution in [2.24, 2.45) is 5.73 Å². The maximum absolute atomic E-state index is 13.7. The third-order valence-corrected chi connectivity index (χ3v) is 4.60. The highest BCUT2D eigenvalue weighted by atomic mass is 32.2. The number of hydrogen-bond acceptors (Lipinski definition) is 4. The van der Waals surface area contributed by atoms with Gasteiger partial charge in [-0.1, -0.05) is 18.3 Å². The summed E-state index contributed by atoms with van der Waals surface area (Å²) in [7, 11) is -1.49. The van der Waals surface area contributed by atoms with Crippen molar-refractivity contribution in [2.45, 2.75) is 4.90 Å². The Balaban J connectivity index is 3.33. The zero-order valence-corrected chi connectivity index (χ0v) is 12.5. The molecule has 0 aliphatic heterocycles. The number of sulfonamides is 1. The van der Waals surface area contributed by atoms with Gasteiger partial charge in [-0.25, -0.2) is 12.8 Å². The molecule has 0 spiro atoms. The van der Waals surface area contributed by atoms with Crippen LogP contribution in [0.1, 0.15) is 5.56 Å². The lowest BCUT2D eigenvalue weighted by molar-refractivity contribution is -0.120. The van der Waals surface area contributed by atoms with Crippen LogP contribution in [0, 0.1) is 5.82 Å². The number of nitrogens with one attached hydrogen (secondary N) is 1. The summed E-state index contributed by atoms with van der Waals surface area (Å²) in [6, 6.07) is 3.48. The number of likely N-dealkylation sites (N-methyl/N-ethyl adjacent to an activating group) is 2. The third kappa shape index (κ3) is 3.30.